The molecule has 1 fully saturated rings. The van der Waals surface area contributed by atoms with E-state index in [1.165, 1.54) is 27.5 Å². The summed E-state index contributed by atoms with van der Waals surface area (Å²) in [5, 5.41) is 9.58. The normalized spacial score (nSPS) is 17.4. The van der Waals surface area contributed by atoms with Crippen LogP contribution in [0.2, 0.25) is 0 Å². The summed E-state index contributed by atoms with van der Waals surface area (Å²) < 4.78 is 24.0. The van der Waals surface area contributed by atoms with Gasteiger partial charge in [-0.05, 0) is 12.1 Å². The largest absolute Gasteiger partial charge is 0.505 e. The van der Waals surface area contributed by atoms with Crippen molar-refractivity contribution >= 4 is 15.9 Å². The lowest BCUT2D eigenvalue weighted by molar-refractivity contribution is 0.0689. The first-order chi connectivity index (χ1) is 8.89. The molecule has 1 N–H and O–H groups in total. The molecule has 0 aliphatic carbocycles. The molecule has 0 bridgehead atoms. The zero-order chi connectivity index (χ0) is 14.0. The Balaban J connectivity index is 2.07. The molecule has 0 atom stereocenters. The zero-order valence-electron chi connectivity index (χ0n) is 10.5. The molecule has 1 saturated heterocycles. The summed E-state index contributed by atoms with van der Waals surface area (Å²) in [6.45, 7) is 1.11. The Hall–Kier alpha value is -1.67. The van der Waals surface area contributed by atoms with Crippen LogP contribution in [0.25, 0.3) is 0 Å². The van der Waals surface area contributed by atoms with Crippen molar-refractivity contribution in [2.24, 2.45) is 0 Å². The Morgan fingerprint density at radius 3 is 2.47 bits per heavy atom. The maximum absolute atomic E-state index is 12.1. The van der Waals surface area contributed by atoms with Crippen LogP contribution in [-0.2, 0) is 10.0 Å². The van der Waals surface area contributed by atoms with Crippen LogP contribution in [0.15, 0.2) is 18.3 Å². The maximum atomic E-state index is 12.1. The molecule has 0 aromatic carbocycles. The molecule has 2 rings (SSSR count). The predicted molar refractivity (Wildman–Crippen MR) is 68.2 cm³/mol. The number of aromatic nitrogens is 1. The van der Waals surface area contributed by atoms with Gasteiger partial charge in [-0.3, -0.25) is 4.79 Å². The molecule has 1 aliphatic rings. The van der Waals surface area contributed by atoms with Gasteiger partial charge in [0.1, 0.15) is 5.75 Å². The minimum atomic E-state index is -3.22. The molecule has 2 heterocycles. The molecule has 1 aromatic rings. The fourth-order valence-corrected chi connectivity index (χ4v) is 2.76. The van der Waals surface area contributed by atoms with Crippen molar-refractivity contribution in [2.75, 3.05) is 32.4 Å². The molecule has 19 heavy (non-hydrogen) atoms. The predicted octanol–water partition coefficient (Wildman–Crippen LogP) is -0.495. The van der Waals surface area contributed by atoms with Gasteiger partial charge in [0.2, 0.25) is 10.0 Å². The Labute approximate surface area is 111 Å². The van der Waals surface area contributed by atoms with Gasteiger partial charge in [-0.2, -0.15) is 4.31 Å². The van der Waals surface area contributed by atoms with Crippen molar-refractivity contribution in [3.63, 3.8) is 0 Å². The van der Waals surface area contributed by atoms with E-state index in [1.54, 1.807) is 0 Å². The van der Waals surface area contributed by atoms with Crippen LogP contribution in [0.3, 0.4) is 0 Å². The second-order valence-corrected chi connectivity index (χ2v) is 6.31. The highest BCUT2D eigenvalue weighted by molar-refractivity contribution is 7.88. The molecule has 0 radical (unpaired) electrons. The summed E-state index contributed by atoms with van der Waals surface area (Å²) in [7, 11) is -3.22. The summed E-state index contributed by atoms with van der Waals surface area (Å²) in [6, 6.07) is 2.93. The van der Waals surface area contributed by atoms with E-state index in [9.17, 15) is 18.3 Å². The van der Waals surface area contributed by atoms with Gasteiger partial charge in [0, 0.05) is 32.4 Å². The van der Waals surface area contributed by atoms with Gasteiger partial charge in [0.25, 0.3) is 5.91 Å². The molecule has 104 valence electrons. The van der Waals surface area contributed by atoms with E-state index in [0.717, 1.165) is 6.26 Å². The fourth-order valence-electron chi connectivity index (χ4n) is 1.93. The van der Waals surface area contributed by atoms with Crippen LogP contribution in [0, 0.1) is 0 Å². The Bertz CT molecular complexity index is 579. The molecule has 0 saturated carbocycles. The highest BCUT2D eigenvalue weighted by Crippen LogP contribution is 2.16. The first-order valence-electron chi connectivity index (χ1n) is 5.78. The topological polar surface area (TPSA) is 90.8 Å². The third kappa shape index (κ3) is 3.02. The number of nitrogens with zero attached hydrogens (tertiary/aromatic N) is 3. The van der Waals surface area contributed by atoms with E-state index in [4.69, 9.17) is 0 Å². The van der Waals surface area contributed by atoms with Crippen molar-refractivity contribution in [1.82, 2.24) is 14.2 Å². The number of piperazine rings is 1. The number of amides is 1. The maximum Gasteiger partial charge on any atom is 0.276 e. The van der Waals surface area contributed by atoms with Crippen molar-refractivity contribution < 1.29 is 18.3 Å². The van der Waals surface area contributed by atoms with Crippen LogP contribution in [0.5, 0.6) is 5.75 Å². The minimum absolute atomic E-state index is 0.00435. The van der Waals surface area contributed by atoms with E-state index in [-0.39, 0.29) is 30.4 Å². The highest BCUT2D eigenvalue weighted by Gasteiger charge is 2.28. The lowest BCUT2D eigenvalue weighted by atomic mass is 10.2. The zero-order valence-corrected chi connectivity index (χ0v) is 11.3. The van der Waals surface area contributed by atoms with Gasteiger partial charge in [-0.15, -0.1) is 0 Å². The van der Waals surface area contributed by atoms with Crippen LogP contribution in [0.4, 0.5) is 0 Å². The number of aromatic hydroxyl groups is 1. The second kappa shape index (κ2) is 5.14. The van der Waals surface area contributed by atoms with Crippen molar-refractivity contribution in [3.8, 4) is 5.75 Å². The summed E-state index contributed by atoms with van der Waals surface area (Å²) in [5.41, 5.74) is -0.00435. The first-order valence-corrected chi connectivity index (χ1v) is 7.63. The van der Waals surface area contributed by atoms with E-state index < -0.39 is 10.0 Å². The number of carbonyl (C=O) groups excluding carboxylic acids is 1. The molecular weight excluding hydrogens is 270 g/mol. The van der Waals surface area contributed by atoms with Gasteiger partial charge in [-0.1, -0.05) is 0 Å². The number of sulfonamides is 1. The van der Waals surface area contributed by atoms with Crippen molar-refractivity contribution in [1.29, 1.82) is 0 Å². The van der Waals surface area contributed by atoms with E-state index in [0.29, 0.717) is 13.1 Å². The average Bonchev–Trinajstić information content (AvgIpc) is 2.38. The second-order valence-electron chi connectivity index (χ2n) is 4.33. The SMILES string of the molecule is CS(=O)(=O)N1CCN(C(=O)c2ncccc2O)CC1. The minimum Gasteiger partial charge on any atom is -0.505 e. The lowest BCUT2D eigenvalue weighted by Crippen LogP contribution is -2.50. The lowest BCUT2D eigenvalue weighted by Gasteiger charge is -2.33. The van der Waals surface area contributed by atoms with E-state index >= 15 is 0 Å². The molecule has 0 spiro atoms. The fraction of sp³-hybridized carbons (Fsp3) is 0.455. The Morgan fingerprint density at radius 2 is 1.95 bits per heavy atom. The number of rotatable bonds is 2. The van der Waals surface area contributed by atoms with Crippen molar-refractivity contribution in [3.05, 3.63) is 24.0 Å². The quantitative estimate of drug-likeness (QED) is 0.791. The van der Waals surface area contributed by atoms with Crippen LogP contribution >= 0.6 is 0 Å². The number of carbonyl (C=O) groups is 1. The molecule has 7 nitrogen and oxygen atoms in total. The van der Waals surface area contributed by atoms with E-state index in [1.807, 2.05) is 0 Å². The Morgan fingerprint density at radius 1 is 1.32 bits per heavy atom. The smallest absolute Gasteiger partial charge is 0.276 e. The third-order valence-electron chi connectivity index (χ3n) is 2.98. The highest BCUT2D eigenvalue weighted by atomic mass is 32.2. The third-order valence-corrected chi connectivity index (χ3v) is 4.29. The summed E-state index contributed by atoms with van der Waals surface area (Å²) in [4.78, 5) is 17.5. The van der Waals surface area contributed by atoms with Gasteiger partial charge < -0.3 is 10.0 Å². The molecule has 1 aromatic heterocycles. The molecule has 1 amide bonds. The van der Waals surface area contributed by atoms with Crippen LogP contribution < -0.4 is 0 Å². The molecular formula is C11H15N3O4S. The van der Waals surface area contributed by atoms with Gasteiger partial charge in [0.15, 0.2) is 5.69 Å². The average molecular weight is 285 g/mol. The van der Waals surface area contributed by atoms with Crippen LogP contribution in [0.1, 0.15) is 10.5 Å². The van der Waals surface area contributed by atoms with Gasteiger partial charge in [-0.25, -0.2) is 13.4 Å². The number of hydrogen-bond donors (Lipinski definition) is 1. The Kier molecular flexibility index (Phi) is 3.72. The van der Waals surface area contributed by atoms with Crippen LogP contribution in [-0.4, -0.2) is 66.1 Å². The molecule has 8 heteroatoms. The summed E-state index contributed by atoms with van der Waals surface area (Å²) >= 11 is 0. The van der Waals surface area contributed by atoms with Crippen molar-refractivity contribution in [2.45, 2.75) is 0 Å². The number of pyridine rings is 1. The van der Waals surface area contributed by atoms with E-state index in [2.05, 4.69) is 4.98 Å². The summed E-state index contributed by atoms with van der Waals surface area (Å²) in [6.07, 6.45) is 2.58. The number of hydrogen-bond acceptors (Lipinski definition) is 5. The first kappa shape index (κ1) is 13.8. The monoisotopic (exact) mass is 285 g/mol. The standard InChI is InChI=1S/C11H15N3O4S/c1-19(17,18)14-7-5-13(6-8-14)11(16)10-9(15)3-2-4-12-10/h2-4,15H,5-8H2,1H3. The summed E-state index contributed by atoms with van der Waals surface area (Å²) in [5.74, 6) is -0.552. The molecule has 0 unspecified atom stereocenters. The van der Waals surface area contributed by atoms with Gasteiger partial charge in [0.05, 0.1) is 6.26 Å². The molecule has 1 aliphatic heterocycles. The van der Waals surface area contributed by atoms with Gasteiger partial charge >= 0.3 is 0 Å².